The number of aryl methyl sites for hydroxylation is 1. The summed E-state index contributed by atoms with van der Waals surface area (Å²) in [7, 11) is 0. The molecule has 0 bridgehead atoms. The molecule has 3 aromatic carbocycles. The van der Waals surface area contributed by atoms with Gasteiger partial charge < -0.3 is 0 Å². The molecule has 0 N–H and O–H groups in total. The Balaban J connectivity index is 1.97. The Morgan fingerprint density at radius 1 is 0.739 bits per heavy atom. The molecule has 0 fully saturated rings. The van der Waals surface area contributed by atoms with Crippen molar-refractivity contribution in [3.05, 3.63) is 90.8 Å². The molecule has 0 aliphatic heterocycles. The molecule has 0 aliphatic rings. The van der Waals surface area contributed by atoms with E-state index in [1.165, 1.54) is 27.5 Å². The van der Waals surface area contributed by atoms with Crippen molar-refractivity contribution in [1.29, 1.82) is 0 Å². The van der Waals surface area contributed by atoms with E-state index in [1.807, 2.05) is 6.20 Å². The van der Waals surface area contributed by atoms with E-state index in [-0.39, 0.29) is 0 Å². The van der Waals surface area contributed by atoms with Gasteiger partial charge in [0, 0.05) is 11.8 Å². The monoisotopic (exact) mass is 294 g/mol. The third-order valence-electron chi connectivity index (χ3n) is 4.18. The van der Waals surface area contributed by atoms with E-state index in [1.54, 1.807) is 0 Å². The zero-order chi connectivity index (χ0) is 15.6. The summed E-state index contributed by atoms with van der Waals surface area (Å²) in [5, 5.41) is 2.46. The molecule has 4 rings (SSSR count). The predicted molar refractivity (Wildman–Crippen MR) is 96.2 cm³/mol. The van der Waals surface area contributed by atoms with Gasteiger partial charge in [-0.3, -0.25) is 4.98 Å². The van der Waals surface area contributed by atoms with Gasteiger partial charge in [-0.25, -0.2) is 0 Å². The van der Waals surface area contributed by atoms with Gasteiger partial charge >= 0.3 is 0 Å². The highest BCUT2D eigenvalue weighted by molar-refractivity contribution is 5.99. The van der Waals surface area contributed by atoms with Crippen LogP contribution in [0.1, 0.15) is 5.56 Å². The van der Waals surface area contributed by atoms with Gasteiger partial charge in [-0.15, -0.1) is 0 Å². The van der Waals surface area contributed by atoms with Gasteiger partial charge in [0.15, 0.2) is 0 Å². The fourth-order valence-electron chi connectivity index (χ4n) is 2.98. The second-order valence-electron chi connectivity index (χ2n) is 5.74. The summed E-state index contributed by atoms with van der Waals surface area (Å²) >= 11 is 0. The molecule has 0 amide bonds. The second-order valence-corrected chi connectivity index (χ2v) is 5.74. The van der Waals surface area contributed by atoms with E-state index in [4.69, 9.17) is 0 Å². The van der Waals surface area contributed by atoms with Crippen molar-refractivity contribution in [2.45, 2.75) is 6.92 Å². The molecule has 1 radical (unpaired) electrons. The van der Waals surface area contributed by atoms with Crippen LogP contribution in [0.5, 0.6) is 0 Å². The van der Waals surface area contributed by atoms with Crippen LogP contribution >= 0.6 is 0 Å². The molecule has 23 heavy (non-hydrogen) atoms. The third-order valence-corrected chi connectivity index (χ3v) is 4.18. The number of aromatic nitrogens is 1. The average Bonchev–Trinajstić information content (AvgIpc) is 2.62. The van der Waals surface area contributed by atoms with Crippen molar-refractivity contribution >= 4 is 10.8 Å². The van der Waals surface area contributed by atoms with Crippen molar-refractivity contribution < 1.29 is 0 Å². The Labute approximate surface area is 136 Å². The molecule has 0 aliphatic carbocycles. The Kier molecular flexibility index (Phi) is 3.39. The topological polar surface area (TPSA) is 12.9 Å². The molecule has 1 aromatic heterocycles. The third kappa shape index (κ3) is 2.51. The Bertz CT molecular complexity index is 963. The first-order valence-corrected chi connectivity index (χ1v) is 7.75. The highest BCUT2D eigenvalue weighted by atomic mass is 14.6. The summed E-state index contributed by atoms with van der Waals surface area (Å²) in [4.78, 5) is 4.25. The van der Waals surface area contributed by atoms with Gasteiger partial charge in [-0.2, -0.15) is 0 Å². The first-order valence-electron chi connectivity index (χ1n) is 7.75. The van der Waals surface area contributed by atoms with Gasteiger partial charge in [0.25, 0.3) is 0 Å². The molecule has 0 spiro atoms. The molecule has 1 heterocycles. The van der Waals surface area contributed by atoms with Gasteiger partial charge in [-0.05, 0) is 40.5 Å². The minimum absolute atomic E-state index is 1.05. The molecule has 0 unspecified atom stereocenters. The number of nitrogens with zero attached hydrogens (tertiary/aromatic N) is 1. The van der Waals surface area contributed by atoms with Crippen LogP contribution in [0.4, 0.5) is 0 Å². The first-order chi connectivity index (χ1) is 11.3. The van der Waals surface area contributed by atoms with Crippen LogP contribution in [-0.2, 0) is 0 Å². The molecule has 0 saturated carbocycles. The van der Waals surface area contributed by atoms with Crippen LogP contribution in [0.2, 0.25) is 0 Å². The van der Waals surface area contributed by atoms with Crippen molar-refractivity contribution in [3.63, 3.8) is 0 Å². The van der Waals surface area contributed by atoms with Crippen LogP contribution in [-0.4, -0.2) is 4.98 Å². The number of pyridine rings is 1. The zero-order valence-electron chi connectivity index (χ0n) is 13.0. The molecule has 0 atom stereocenters. The lowest BCUT2D eigenvalue weighted by atomic mass is 9.93. The quantitative estimate of drug-likeness (QED) is 0.463. The molecular weight excluding hydrogens is 278 g/mol. The van der Waals surface area contributed by atoms with Crippen LogP contribution in [0.15, 0.2) is 79.0 Å². The standard InChI is InChI=1S/C22H16N/c1-16-9-11-18(12-10-16)20-13-14-23-15-22(20)21-8-4-6-17-5-2-3-7-19(17)21/h2-14H,1H3. The lowest BCUT2D eigenvalue weighted by Crippen LogP contribution is -1.89. The van der Waals surface area contributed by atoms with Crippen LogP contribution in [0, 0.1) is 13.1 Å². The first kappa shape index (κ1) is 13.7. The highest BCUT2D eigenvalue weighted by Gasteiger charge is 2.10. The molecule has 1 heteroatoms. The molecule has 4 aromatic rings. The normalized spacial score (nSPS) is 10.8. The molecule has 0 saturated heterocycles. The lowest BCUT2D eigenvalue weighted by molar-refractivity contribution is 1.31. The van der Waals surface area contributed by atoms with Crippen LogP contribution < -0.4 is 0 Å². The summed E-state index contributed by atoms with van der Waals surface area (Å²) in [6, 6.07) is 25.5. The van der Waals surface area contributed by atoms with Gasteiger partial charge in [0.2, 0.25) is 0 Å². The van der Waals surface area contributed by atoms with Crippen molar-refractivity contribution in [3.8, 4) is 22.3 Å². The Morgan fingerprint density at radius 3 is 2.39 bits per heavy atom. The molecule has 109 valence electrons. The Hall–Kier alpha value is -2.93. The van der Waals surface area contributed by atoms with Crippen molar-refractivity contribution in [2.75, 3.05) is 0 Å². The van der Waals surface area contributed by atoms with E-state index in [0.29, 0.717) is 0 Å². The zero-order valence-corrected chi connectivity index (χ0v) is 13.0. The summed E-state index contributed by atoms with van der Waals surface area (Å²) in [5.74, 6) is 0. The fraction of sp³-hybridized carbons (Fsp3) is 0.0455. The van der Waals surface area contributed by atoms with Gasteiger partial charge in [0.1, 0.15) is 0 Å². The molecule has 1 nitrogen and oxygen atoms in total. The fourth-order valence-corrected chi connectivity index (χ4v) is 2.98. The smallest absolute Gasteiger partial charge is 0.0977 e. The van der Waals surface area contributed by atoms with Crippen molar-refractivity contribution in [2.24, 2.45) is 0 Å². The van der Waals surface area contributed by atoms with E-state index in [9.17, 15) is 0 Å². The second kappa shape index (κ2) is 5.69. The predicted octanol–water partition coefficient (Wildman–Crippen LogP) is 5.68. The summed E-state index contributed by atoms with van der Waals surface area (Å²) in [6.07, 6.45) is 5.02. The maximum absolute atomic E-state index is 4.25. The lowest BCUT2D eigenvalue weighted by Gasteiger charge is -2.12. The largest absolute Gasteiger partial charge is 0.254 e. The minimum Gasteiger partial charge on any atom is -0.254 e. The summed E-state index contributed by atoms with van der Waals surface area (Å²) in [5.41, 5.74) is 5.84. The average molecular weight is 294 g/mol. The van der Waals surface area contributed by atoms with Gasteiger partial charge in [-0.1, -0.05) is 72.3 Å². The summed E-state index contributed by atoms with van der Waals surface area (Å²) in [6.45, 7) is 2.11. The highest BCUT2D eigenvalue weighted by Crippen LogP contribution is 2.35. The number of hydrogen-bond acceptors (Lipinski definition) is 1. The number of hydrogen-bond donors (Lipinski definition) is 0. The van der Waals surface area contributed by atoms with E-state index in [0.717, 1.165) is 11.1 Å². The minimum atomic E-state index is 1.05. The van der Waals surface area contributed by atoms with E-state index >= 15 is 0 Å². The van der Waals surface area contributed by atoms with Crippen LogP contribution in [0.3, 0.4) is 0 Å². The number of benzene rings is 3. The SMILES string of the molecule is Cc1ccc(-c2ccn[c]c2-c2cccc3ccccc23)cc1. The maximum Gasteiger partial charge on any atom is 0.0977 e. The Morgan fingerprint density at radius 2 is 1.52 bits per heavy atom. The van der Waals surface area contributed by atoms with Crippen LogP contribution in [0.25, 0.3) is 33.0 Å². The van der Waals surface area contributed by atoms with Gasteiger partial charge in [0.05, 0.1) is 6.20 Å². The number of rotatable bonds is 2. The van der Waals surface area contributed by atoms with Crippen molar-refractivity contribution in [1.82, 2.24) is 4.98 Å². The maximum atomic E-state index is 4.25. The summed E-state index contributed by atoms with van der Waals surface area (Å²) < 4.78 is 0. The van der Waals surface area contributed by atoms with E-state index in [2.05, 4.69) is 90.9 Å². The molecular formula is C22H16N. The number of fused-ring (bicyclic) bond motifs is 1. The van der Waals surface area contributed by atoms with E-state index < -0.39 is 0 Å².